The van der Waals surface area contributed by atoms with E-state index in [0.29, 0.717) is 10.9 Å². The fourth-order valence-corrected chi connectivity index (χ4v) is 4.32. The second kappa shape index (κ2) is 7.60. The van der Waals surface area contributed by atoms with Gasteiger partial charge in [0.1, 0.15) is 15.7 Å². The van der Waals surface area contributed by atoms with Gasteiger partial charge < -0.3 is 9.47 Å². The molecule has 1 aliphatic carbocycles. The summed E-state index contributed by atoms with van der Waals surface area (Å²) >= 11 is 7.49. The number of halogens is 1. The van der Waals surface area contributed by atoms with Gasteiger partial charge in [-0.2, -0.15) is 0 Å². The summed E-state index contributed by atoms with van der Waals surface area (Å²) in [7, 11) is 5.61. The van der Waals surface area contributed by atoms with Crippen LogP contribution in [0.1, 0.15) is 17.9 Å². The highest BCUT2D eigenvalue weighted by Crippen LogP contribution is 2.48. The van der Waals surface area contributed by atoms with E-state index in [1.807, 2.05) is 44.2 Å². The lowest BCUT2D eigenvalue weighted by Crippen LogP contribution is -2.23. The molecule has 2 heterocycles. The number of hydrogen-bond acceptors (Lipinski definition) is 4. The molecule has 0 aliphatic heterocycles. The van der Waals surface area contributed by atoms with Crippen LogP contribution in [-0.2, 0) is 11.8 Å². The highest BCUT2D eigenvalue weighted by molar-refractivity contribution is 7.99. The van der Waals surface area contributed by atoms with Crippen LogP contribution in [0.3, 0.4) is 0 Å². The molecule has 1 aromatic carbocycles. The zero-order valence-corrected chi connectivity index (χ0v) is 17.5. The first-order valence-corrected chi connectivity index (χ1v) is 10.3. The topological polar surface area (TPSA) is 51.0 Å². The summed E-state index contributed by atoms with van der Waals surface area (Å²) in [6, 6.07) is 12.2. The predicted molar refractivity (Wildman–Crippen MR) is 112 cm³/mol. The van der Waals surface area contributed by atoms with Crippen LogP contribution in [0.15, 0.2) is 59.0 Å². The van der Waals surface area contributed by atoms with Crippen molar-refractivity contribution in [1.82, 2.24) is 19.4 Å². The highest BCUT2D eigenvalue weighted by atomic mass is 35.5. The maximum absolute atomic E-state index is 12.1. The zero-order chi connectivity index (χ0) is 19.8. The molecule has 0 saturated heterocycles. The second-order valence-corrected chi connectivity index (χ2v) is 8.67. The van der Waals surface area contributed by atoms with Gasteiger partial charge in [0.05, 0.1) is 11.3 Å². The van der Waals surface area contributed by atoms with Crippen molar-refractivity contribution in [2.75, 3.05) is 14.1 Å². The molecule has 0 spiro atoms. The number of benzene rings is 1. The number of hydrogen-bond donors (Lipinski definition) is 0. The SMILES string of the molecule is CN(C)C(=O)[C@H]1CC1c1ccc(-c2ncn([11CH3])c2Sc2ccc(Cl)cn2)cc1. The number of carbonyl (C=O) groups is 1. The number of pyridine rings is 1. The molecule has 28 heavy (non-hydrogen) atoms. The Balaban J connectivity index is 1.54. The smallest absolute Gasteiger partial charge is 0.225 e. The summed E-state index contributed by atoms with van der Waals surface area (Å²) in [4.78, 5) is 22.7. The van der Waals surface area contributed by atoms with Crippen molar-refractivity contribution in [1.29, 1.82) is 0 Å². The number of carbonyl (C=O) groups excluding carboxylic acids is 1. The van der Waals surface area contributed by atoms with Gasteiger partial charge in [0.15, 0.2) is 0 Å². The van der Waals surface area contributed by atoms with E-state index < -0.39 is 0 Å². The molecule has 2 aromatic heterocycles. The molecule has 1 aliphatic rings. The lowest BCUT2D eigenvalue weighted by atomic mass is 10.0. The number of aromatic nitrogens is 3. The van der Waals surface area contributed by atoms with Crippen molar-refractivity contribution in [3.8, 4) is 11.3 Å². The van der Waals surface area contributed by atoms with Gasteiger partial charge in [0, 0.05) is 38.8 Å². The first kappa shape index (κ1) is 19.0. The van der Waals surface area contributed by atoms with Gasteiger partial charge in [-0.3, -0.25) is 4.79 Å². The Hall–Kier alpha value is -2.31. The average molecular weight is 412 g/mol. The van der Waals surface area contributed by atoms with E-state index in [1.165, 1.54) is 5.56 Å². The molecule has 2 atom stereocenters. The molecular weight excluding hydrogens is 391 g/mol. The molecule has 0 bridgehead atoms. The van der Waals surface area contributed by atoms with Crippen LogP contribution in [0.4, 0.5) is 0 Å². The zero-order valence-electron chi connectivity index (χ0n) is 16.0. The normalized spacial score (nSPS) is 18.1. The van der Waals surface area contributed by atoms with E-state index in [9.17, 15) is 4.79 Å². The second-order valence-electron chi connectivity index (χ2n) is 7.23. The predicted octanol–water partition coefficient (Wildman–Crippen LogP) is 4.48. The Morgan fingerprint density at radius 3 is 2.57 bits per heavy atom. The Morgan fingerprint density at radius 2 is 1.93 bits per heavy atom. The molecule has 1 saturated carbocycles. The summed E-state index contributed by atoms with van der Waals surface area (Å²) in [6.45, 7) is 0. The third-order valence-electron chi connectivity index (χ3n) is 4.95. The van der Waals surface area contributed by atoms with E-state index >= 15 is 0 Å². The first-order valence-electron chi connectivity index (χ1n) is 9.06. The minimum absolute atomic E-state index is 0.123. The monoisotopic (exact) mass is 411 g/mol. The van der Waals surface area contributed by atoms with Crippen molar-refractivity contribution in [3.63, 3.8) is 0 Å². The summed E-state index contributed by atoms with van der Waals surface area (Å²) in [6.07, 6.45) is 4.40. The van der Waals surface area contributed by atoms with Crippen LogP contribution in [0.2, 0.25) is 5.02 Å². The minimum Gasteiger partial charge on any atom is -0.349 e. The molecule has 1 fully saturated rings. The number of rotatable bonds is 5. The number of nitrogens with zero attached hydrogens (tertiary/aromatic N) is 4. The lowest BCUT2D eigenvalue weighted by molar-refractivity contribution is -0.130. The van der Waals surface area contributed by atoms with Crippen LogP contribution in [-0.4, -0.2) is 39.4 Å². The molecule has 7 heteroatoms. The van der Waals surface area contributed by atoms with Gasteiger partial charge in [0.2, 0.25) is 5.91 Å². The Labute approximate surface area is 173 Å². The maximum Gasteiger partial charge on any atom is 0.225 e. The van der Waals surface area contributed by atoms with Crippen molar-refractivity contribution in [2.45, 2.75) is 22.4 Å². The van der Waals surface area contributed by atoms with Crippen LogP contribution in [0.5, 0.6) is 0 Å². The van der Waals surface area contributed by atoms with Crippen molar-refractivity contribution >= 4 is 29.3 Å². The van der Waals surface area contributed by atoms with E-state index in [4.69, 9.17) is 11.6 Å². The first-order chi connectivity index (χ1) is 13.4. The van der Waals surface area contributed by atoms with Gasteiger partial charge in [-0.25, -0.2) is 9.97 Å². The highest BCUT2D eigenvalue weighted by Gasteiger charge is 2.44. The average Bonchev–Trinajstić information content (AvgIpc) is 3.41. The van der Waals surface area contributed by atoms with Crippen LogP contribution in [0.25, 0.3) is 11.3 Å². The van der Waals surface area contributed by atoms with Crippen LogP contribution in [0, 0.1) is 5.92 Å². The molecule has 0 radical (unpaired) electrons. The number of aryl methyl sites for hydroxylation is 1. The van der Waals surface area contributed by atoms with Gasteiger partial charge in [-0.15, -0.1) is 0 Å². The molecule has 1 amide bonds. The lowest BCUT2D eigenvalue weighted by Gasteiger charge is -2.10. The van der Waals surface area contributed by atoms with Gasteiger partial charge in [-0.1, -0.05) is 35.9 Å². The van der Waals surface area contributed by atoms with Crippen LogP contribution >= 0.6 is 23.4 Å². The summed E-state index contributed by atoms with van der Waals surface area (Å²) in [5.41, 5.74) is 3.19. The Bertz CT molecular complexity index is 998. The molecular formula is C21H21ClN4OS. The van der Waals surface area contributed by atoms with E-state index in [0.717, 1.165) is 27.7 Å². The van der Waals surface area contributed by atoms with Crippen molar-refractivity contribution < 1.29 is 4.79 Å². The van der Waals surface area contributed by atoms with Crippen molar-refractivity contribution in [3.05, 3.63) is 59.5 Å². The number of amides is 1. The Kier molecular flexibility index (Phi) is 5.17. The largest absolute Gasteiger partial charge is 0.349 e. The fraction of sp³-hybridized carbons (Fsp3) is 0.286. The van der Waals surface area contributed by atoms with E-state index in [1.54, 1.807) is 22.9 Å². The molecule has 3 aromatic rings. The summed E-state index contributed by atoms with van der Waals surface area (Å²) in [5, 5.41) is 2.51. The van der Waals surface area contributed by atoms with E-state index in [2.05, 4.69) is 34.2 Å². The summed E-state index contributed by atoms with van der Waals surface area (Å²) in [5.74, 6) is 0.672. The Morgan fingerprint density at radius 1 is 1.18 bits per heavy atom. The number of imidazole rings is 1. The summed E-state index contributed by atoms with van der Waals surface area (Å²) < 4.78 is 2.00. The van der Waals surface area contributed by atoms with Gasteiger partial charge >= 0.3 is 0 Å². The maximum atomic E-state index is 12.1. The van der Waals surface area contributed by atoms with Gasteiger partial charge in [-0.05, 0) is 41.8 Å². The molecule has 144 valence electrons. The molecule has 0 N–H and O–H groups in total. The van der Waals surface area contributed by atoms with E-state index in [-0.39, 0.29) is 11.8 Å². The third kappa shape index (κ3) is 3.80. The molecule has 5 nitrogen and oxygen atoms in total. The van der Waals surface area contributed by atoms with Crippen molar-refractivity contribution in [2.24, 2.45) is 13.0 Å². The molecule has 4 rings (SSSR count). The quantitative estimate of drug-likeness (QED) is 0.621. The fourth-order valence-electron chi connectivity index (χ4n) is 3.32. The third-order valence-corrected chi connectivity index (χ3v) is 6.29. The molecule has 1 unspecified atom stereocenters. The minimum atomic E-state index is 0.123. The van der Waals surface area contributed by atoms with Gasteiger partial charge in [0.25, 0.3) is 0 Å². The van der Waals surface area contributed by atoms with Crippen LogP contribution < -0.4 is 0 Å². The standard InChI is InChI=1S/C21H21ClN4OS/c1-25(2)20(27)17-10-16(17)13-4-6-14(7-5-13)19-21(26(3)12-24-19)28-18-9-8-15(22)11-23-18/h4-9,11-12,16-17H,10H2,1-3H3/t16?,17-/m0/s1/i3-1.